The SMILES string of the molecule is CCCCCCCCCCCCC(C(=O)O)(C(C(=O)O)C(CC(=O)O)C(=O)O)C1CCN(C)C(C)(C)C1(C)C. The quantitative estimate of drug-likeness (QED) is 0.141. The number of unbranched alkanes of at least 4 members (excludes halogenated alkanes) is 9. The molecule has 0 amide bonds. The molecule has 1 saturated heterocycles. The van der Waals surface area contributed by atoms with Crippen molar-refractivity contribution in [2.75, 3.05) is 13.6 Å². The van der Waals surface area contributed by atoms with Crippen molar-refractivity contribution in [3.63, 3.8) is 0 Å². The molecule has 0 aromatic rings. The van der Waals surface area contributed by atoms with Crippen LogP contribution in [0.3, 0.4) is 0 Å². The van der Waals surface area contributed by atoms with Crippen LogP contribution in [0, 0.1) is 28.6 Å². The fraction of sp³-hybridized carbons (Fsp3) is 0.867. The number of likely N-dealkylation sites (tertiary alicyclic amines) is 1. The first-order valence-corrected chi connectivity index (χ1v) is 14.7. The van der Waals surface area contributed by atoms with Crippen LogP contribution in [0.1, 0.15) is 118 Å². The van der Waals surface area contributed by atoms with Crippen molar-refractivity contribution < 1.29 is 39.6 Å². The number of nitrogens with zero attached hydrogens (tertiary/aromatic N) is 1. The molecule has 0 aliphatic carbocycles. The van der Waals surface area contributed by atoms with E-state index < -0.39 is 64.4 Å². The van der Waals surface area contributed by atoms with Crippen molar-refractivity contribution in [1.29, 1.82) is 0 Å². The third kappa shape index (κ3) is 8.18. The Morgan fingerprint density at radius 3 is 1.72 bits per heavy atom. The molecular formula is C30H53NO8. The summed E-state index contributed by atoms with van der Waals surface area (Å²) in [7, 11) is 1.95. The highest BCUT2D eigenvalue weighted by Gasteiger charge is 2.65. The Kier molecular flexibility index (Phi) is 13.4. The van der Waals surface area contributed by atoms with E-state index in [2.05, 4.69) is 11.8 Å². The van der Waals surface area contributed by atoms with Gasteiger partial charge in [0.1, 0.15) is 0 Å². The van der Waals surface area contributed by atoms with Crippen molar-refractivity contribution in [3.8, 4) is 0 Å². The Balaban J connectivity index is 3.41. The molecule has 0 aromatic carbocycles. The van der Waals surface area contributed by atoms with E-state index in [1.54, 1.807) is 0 Å². The van der Waals surface area contributed by atoms with Crippen molar-refractivity contribution in [2.24, 2.45) is 28.6 Å². The summed E-state index contributed by atoms with van der Waals surface area (Å²) in [6, 6.07) is 0. The first-order valence-electron chi connectivity index (χ1n) is 14.7. The van der Waals surface area contributed by atoms with Crippen LogP contribution in [0.15, 0.2) is 0 Å². The monoisotopic (exact) mass is 555 g/mol. The third-order valence-corrected chi connectivity index (χ3v) is 10.1. The number of piperidine rings is 1. The normalized spacial score (nSPS) is 21.9. The first-order chi connectivity index (χ1) is 18.1. The van der Waals surface area contributed by atoms with E-state index in [4.69, 9.17) is 0 Å². The van der Waals surface area contributed by atoms with E-state index >= 15 is 0 Å². The number of hydrogen-bond donors (Lipinski definition) is 4. The fourth-order valence-corrected chi connectivity index (χ4v) is 6.91. The molecule has 1 rings (SSSR count). The largest absolute Gasteiger partial charge is 0.481 e. The van der Waals surface area contributed by atoms with E-state index in [0.29, 0.717) is 25.8 Å². The number of aliphatic carboxylic acids is 4. The zero-order valence-corrected chi connectivity index (χ0v) is 25.0. The molecular weight excluding hydrogens is 502 g/mol. The minimum Gasteiger partial charge on any atom is -0.481 e. The predicted octanol–water partition coefficient (Wildman–Crippen LogP) is 6.00. The molecule has 4 unspecified atom stereocenters. The predicted molar refractivity (Wildman–Crippen MR) is 150 cm³/mol. The van der Waals surface area contributed by atoms with Gasteiger partial charge in [0.15, 0.2) is 0 Å². The number of carboxylic acids is 4. The zero-order valence-electron chi connectivity index (χ0n) is 25.0. The maximum atomic E-state index is 13.3. The lowest BCUT2D eigenvalue weighted by Gasteiger charge is -2.61. The average Bonchev–Trinajstić information content (AvgIpc) is 2.82. The summed E-state index contributed by atoms with van der Waals surface area (Å²) in [6.07, 6.45) is 9.61. The minimum absolute atomic E-state index is 0.00686. The first kappa shape index (κ1) is 34.9. The molecule has 4 atom stereocenters. The van der Waals surface area contributed by atoms with Crippen LogP contribution in [0.25, 0.3) is 0 Å². The van der Waals surface area contributed by atoms with Crippen LogP contribution in [0.2, 0.25) is 0 Å². The molecule has 39 heavy (non-hydrogen) atoms. The Morgan fingerprint density at radius 2 is 1.31 bits per heavy atom. The van der Waals surface area contributed by atoms with Gasteiger partial charge in [0.05, 0.1) is 23.7 Å². The molecule has 226 valence electrons. The Bertz CT molecular complexity index is 839. The highest BCUT2D eigenvalue weighted by Crippen LogP contribution is 2.59. The second-order valence-corrected chi connectivity index (χ2v) is 12.7. The Hall–Kier alpha value is -2.16. The highest BCUT2D eigenvalue weighted by molar-refractivity contribution is 5.89. The summed E-state index contributed by atoms with van der Waals surface area (Å²) < 4.78 is 0. The molecule has 1 heterocycles. The van der Waals surface area contributed by atoms with E-state index in [0.717, 1.165) is 25.7 Å². The molecule has 4 N–H and O–H groups in total. The fourth-order valence-electron chi connectivity index (χ4n) is 6.91. The van der Waals surface area contributed by atoms with Crippen molar-refractivity contribution in [1.82, 2.24) is 4.90 Å². The molecule has 0 aromatic heterocycles. The van der Waals surface area contributed by atoms with Crippen LogP contribution in [0.4, 0.5) is 0 Å². The van der Waals surface area contributed by atoms with Gasteiger partial charge in [-0.2, -0.15) is 0 Å². The van der Waals surface area contributed by atoms with Crippen LogP contribution in [0.5, 0.6) is 0 Å². The van der Waals surface area contributed by atoms with Gasteiger partial charge in [-0.3, -0.25) is 19.2 Å². The van der Waals surface area contributed by atoms with Crippen LogP contribution in [-0.2, 0) is 19.2 Å². The van der Waals surface area contributed by atoms with Gasteiger partial charge < -0.3 is 25.3 Å². The van der Waals surface area contributed by atoms with Crippen LogP contribution in [-0.4, -0.2) is 68.3 Å². The van der Waals surface area contributed by atoms with E-state index in [9.17, 15) is 39.6 Å². The van der Waals surface area contributed by atoms with Gasteiger partial charge in [-0.1, -0.05) is 85.0 Å². The number of carbonyl (C=O) groups is 4. The van der Waals surface area contributed by atoms with E-state index in [1.165, 1.54) is 25.7 Å². The van der Waals surface area contributed by atoms with Gasteiger partial charge in [0.25, 0.3) is 0 Å². The van der Waals surface area contributed by atoms with Gasteiger partial charge in [0.2, 0.25) is 0 Å². The molecule has 1 fully saturated rings. The molecule has 0 spiro atoms. The topological polar surface area (TPSA) is 152 Å². The van der Waals surface area contributed by atoms with E-state index in [-0.39, 0.29) is 6.42 Å². The second-order valence-electron chi connectivity index (χ2n) is 12.7. The highest BCUT2D eigenvalue weighted by atomic mass is 16.4. The molecule has 0 radical (unpaired) electrons. The summed E-state index contributed by atoms with van der Waals surface area (Å²) >= 11 is 0. The molecule has 9 heteroatoms. The van der Waals surface area contributed by atoms with Crippen LogP contribution < -0.4 is 0 Å². The molecule has 1 aliphatic heterocycles. The van der Waals surface area contributed by atoms with Gasteiger partial charge in [-0.25, -0.2) is 0 Å². The van der Waals surface area contributed by atoms with Crippen molar-refractivity contribution in [2.45, 2.75) is 124 Å². The molecule has 9 nitrogen and oxygen atoms in total. The average molecular weight is 556 g/mol. The lowest BCUT2D eigenvalue weighted by atomic mass is 9.48. The number of hydrogen-bond acceptors (Lipinski definition) is 5. The van der Waals surface area contributed by atoms with Crippen molar-refractivity contribution in [3.05, 3.63) is 0 Å². The van der Waals surface area contributed by atoms with Gasteiger partial charge in [-0.05, 0) is 51.6 Å². The van der Waals surface area contributed by atoms with Crippen LogP contribution >= 0.6 is 0 Å². The summed E-state index contributed by atoms with van der Waals surface area (Å²) in [6.45, 7) is 10.5. The second kappa shape index (κ2) is 15.0. The van der Waals surface area contributed by atoms with Gasteiger partial charge >= 0.3 is 23.9 Å². The maximum Gasteiger partial charge on any atom is 0.310 e. The third-order valence-electron chi connectivity index (χ3n) is 10.1. The summed E-state index contributed by atoms with van der Waals surface area (Å²) in [5.41, 5.74) is -3.16. The number of carboxylic acid groups (broad SMARTS) is 4. The molecule has 1 aliphatic rings. The lowest BCUT2D eigenvalue weighted by molar-refractivity contribution is -0.193. The summed E-state index contributed by atoms with van der Waals surface area (Å²) in [4.78, 5) is 52.2. The Morgan fingerprint density at radius 1 is 0.821 bits per heavy atom. The van der Waals surface area contributed by atoms with Gasteiger partial charge in [-0.15, -0.1) is 0 Å². The van der Waals surface area contributed by atoms with E-state index in [1.807, 2.05) is 34.7 Å². The lowest BCUT2D eigenvalue weighted by Crippen LogP contribution is -2.66. The summed E-state index contributed by atoms with van der Waals surface area (Å²) in [5, 5.41) is 40.7. The van der Waals surface area contributed by atoms with Crippen molar-refractivity contribution >= 4 is 23.9 Å². The summed E-state index contributed by atoms with van der Waals surface area (Å²) in [5.74, 6) is -10.4. The smallest absolute Gasteiger partial charge is 0.310 e. The maximum absolute atomic E-state index is 13.3. The standard InChI is InChI=1S/C30H53NO8/c1-7-8-9-10-11-12-13-14-15-16-18-30(27(38)39,22-17-19-31(6)29(4,5)28(22,2)3)24(26(36)37)21(25(34)35)20-23(32)33/h21-22,24H,7-20H2,1-6H3,(H,32,33)(H,34,35)(H,36,37)(H,38,39). The number of rotatable bonds is 19. The Labute approximate surface area is 234 Å². The van der Waals surface area contributed by atoms with Gasteiger partial charge in [0, 0.05) is 5.54 Å². The molecule has 0 saturated carbocycles. The zero-order chi connectivity index (χ0) is 30.0. The molecule has 0 bridgehead atoms. The minimum atomic E-state index is -1.94.